The van der Waals surface area contributed by atoms with Gasteiger partial charge in [-0.3, -0.25) is 4.79 Å². The molecule has 6 nitrogen and oxygen atoms in total. The van der Waals surface area contributed by atoms with Gasteiger partial charge in [0.15, 0.2) is 4.34 Å². The first kappa shape index (κ1) is 15.6. The van der Waals surface area contributed by atoms with Crippen LogP contribution in [0.3, 0.4) is 0 Å². The summed E-state index contributed by atoms with van der Waals surface area (Å²) in [6.45, 7) is 2.79. The van der Waals surface area contributed by atoms with Crippen molar-refractivity contribution < 1.29 is 9.53 Å². The molecule has 8 heteroatoms. The predicted octanol–water partition coefficient (Wildman–Crippen LogP) is 2.71. The van der Waals surface area contributed by atoms with Crippen molar-refractivity contribution in [3.8, 4) is 5.75 Å². The summed E-state index contributed by atoms with van der Waals surface area (Å²) in [5.74, 6) is 0.810. The average molecular weight is 324 g/mol. The number of thioether (sulfide) groups is 1. The molecule has 0 fully saturated rings. The van der Waals surface area contributed by atoms with Crippen molar-refractivity contribution in [2.24, 2.45) is 0 Å². The van der Waals surface area contributed by atoms with Crippen LogP contribution in [-0.4, -0.2) is 35.5 Å². The molecule has 2 rings (SSSR count). The molecule has 0 unspecified atom stereocenters. The second-order valence-electron chi connectivity index (χ2n) is 3.94. The third kappa shape index (κ3) is 4.61. The molecule has 1 aromatic heterocycles. The fourth-order valence-electron chi connectivity index (χ4n) is 1.55. The zero-order valence-electron chi connectivity index (χ0n) is 11.8. The van der Waals surface area contributed by atoms with Crippen LogP contribution in [0.4, 0.5) is 10.8 Å². The first-order valence-corrected chi connectivity index (χ1v) is 8.16. The van der Waals surface area contributed by atoms with Gasteiger partial charge in [0.05, 0.1) is 18.6 Å². The third-order valence-electron chi connectivity index (χ3n) is 2.44. The van der Waals surface area contributed by atoms with Crippen LogP contribution in [0.5, 0.6) is 5.75 Å². The van der Waals surface area contributed by atoms with Crippen LogP contribution in [0.2, 0.25) is 0 Å². The summed E-state index contributed by atoms with van der Waals surface area (Å²) in [5.41, 5.74) is 0.663. The number of nitrogens with one attached hydrogen (secondary N) is 2. The second kappa shape index (κ2) is 7.84. The van der Waals surface area contributed by atoms with E-state index in [1.165, 1.54) is 23.1 Å². The van der Waals surface area contributed by atoms with Crippen LogP contribution in [0, 0.1) is 0 Å². The number of carbonyl (C=O) groups is 1. The molecule has 0 spiro atoms. The lowest BCUT2D eigenvalue weighted by Crippen LogP contribution is -2.14. The monoisotopic (exact) mass is 324 g/mol. The van der Waals surface area contributed by atoms with Crippen LogP contribution in [0.25, 0.3) is 0 Å². The van der Waals surface area contributed by atoms with Gasteiger partial charge in [-0.15, -0.1) is 10.2 Å². The Labute approximate surface area is 131 Å². The van der Waals surface area contributed by atoms with Gasteiger partial charge >= 0.3 is 0 Å². The summed E-state index contributed by atoms with van der Waals surface area (Å²) in [4.78, 5) is 11.9. The van der Waals surface area contributed by atoms with E-state index >= 15 is 0 Å². The minimum Gasteiger partial charge on any atom is -0.495 e. The Balaban J connectivity index is 1.86. The van der Waals surface area contributed by atoms with E-state index in [1.54, 1.807) is 19.2 Å². The molecule has 2 N–H and O–H groups in total. The summed E-state index contributed by atoms with van der Waals surface area (Å²) in [6.07, 6.45) is 0. The van der Waals surface area contributed by atoms with Crippen LogP contribution < -0.4 is 15.4 Å². The minimum absolute atomic E-state index is 0.107. The standard InChI is InChI=1S/C13H16N4O2S2/c1-3-14-12-16-17-13(21-12)20-8-11(18)15-9-6-4-5-7-10(9)19-2/h4-7H,3,8H2,1-2H3,(H,14,16)(H,15,18). The van der Waals surface area contributed by atoms with E-state index < -0.39 is 0 Å². The zero-order valence-corrected chi connectivity index (χ0v) is 13.4. The summed E-state index contributed by atoms with van der Waals surface area (Å²) >= 11 is 2.80. The molecule has 0 saturated heterocycles. The Morgan fingerprint density at radius 1 is 1.38 bits per heavy atom. The van der Waals surface area contributed by atoms with E-state index in [4.69, 9.17) is 4.74 Å². The topological polar surface area (TPSA) is 76.1 Å². The number of anilines is 2. The number of nitrogens with zero attached hydrogens (tertiary/aromatic N) is 2. The van der Waals surface area contributed by atoms with Gasteiger partial charge in [0.2, 0.25) is 11.0 Å². The van der Waals surface area contributed by atoms with E-state index in [1.807, 2.05) is 19.1 Å². The molecule has 21 heavy (non-hydrogen) atoms. The summed E-state index contributed by atoms with van der Waals surface area (Å²) in [7, 11) is 1.57. The summed E-state index contributed by atoms with van der Waals surface area (Å²) in [5, 5.41) is 14.7. The van der Waals surface area contributed by atoms with Crippen molar-refractivity contribution in [3.05, 3.63) is 24.3 Å². The van der Waals surface area contributed by atoms with Gasteiger partial charge in [-0.25, -0.2) is 0 Å². The molecule has 0 saturated carbocycles. The normalized spacial score (nSPS) is 10.2. The number of aromatic nitrogens is 2. The Hall–Kier alpha value is -1.80. The van der Waals surface area contributed by atoms with Crippen LogP contribution in [0.15, 0.2) is 28.6 Å². The Kier molecular flexibility index (Phi) is 5.82. The lowest BCUT2D eigenvalue weighted by Gasteiger charge is -2.08. The summed E-state index contributed by atoms with van der Waals surface area (Å²) < 4.78 is 5.95. The van der Waals surface area contributed by atoms with E-state index in [2.05, 4.69) is 20.8 Å². The van der Waals surface area contributed by atoms with Gasteiger partial charge < -0.3 is 15.4 Å². The number of para-hydroxylation sites is 2. The zero-order chi connectivity index (χ0) is 15.1. The molecule has 0 aliphatic heterocycles. The van der Waals surface area contributed by atoms with Crippen molar-refractivity contribution >= 4 is 39.8 Å². The van der Waals surface area contributed by atoms with Crippen LogP contribution in [0.1, 0.15) is 6.92 Å². The van der Waals surface area contributed by atoms with Crippen LogP contribution in [-0.2, 0) is 4.79 Å². The highest BCUT2D eigenvalue weighted by atomic mass is 32.2. The molecule has 112 valence electrons. The molecule has 1 aromatic carbocycles. The predicted molar refractivity (Wildman–Crippen MR) is 86.4 cm³/mol. The number of ether oxygens (including phenoxy) is 1. The van der Waals surface area contributed by atoms with Crippen molar-refractivity contribution in [3.63, 3.8) is 0 Å². The molecule has 2 aromatic rings. The largest absolute Gasteiger partial charge is 0.495 e. The number of carbonyl (C=O) groups excluding carboxylic acids is 1. The molecule has 1 heterocycles. The number of amides is 1. The highest BCUT2D eigenvalue weighted by molar-refractivity contribution is 8.01. The maximum absolute atomic E-state index is 11.9. The van der Waals surface area contributed by atoms with Crippen LogP contribution >= 0.6 is 23.1 Å². The van der Waals surface area contributed by atoms with E-state index in [9.17, 15) is 4.79 Å². The first-order chi connectivity index (χ1) is 10.2. The molecule has 0 radical (unpaired) electrons. The number of hydrogen-bond donors (Lipinski definition) is 2. The Morgan fingerprint density at radius 3 is 2.95 bits per heavy atom. The molecular weight excluding hydrogens is 308 g/mol. The van der Waals surface area contributed by atoms with E-state index in [-0.39, 0.29) is 11.7 Å². The van der Waals surface area contributed by atoms with Crippen molar-refractivity contribution in [1.29, 1.82) is 0 Å². The van der Waals surface area contributed by atoms with Crippen molar-refractivity contribution in [2.75, 3.05) is 30.0 Å². The quantitative estimate of drug-likeness (QED) is 0.763. The SMILES string of the molecule is CCNc1nnc(SCC(=O)Nc2ccccc2OC)s1. The van der Waals surface area contributed by atoms with Gasteiger partial charge in [-0.1, -0.05) is 35.2 Å². The van der Waals surface area contributed by atoms with Crippen molar-refractivity contribution in [2.45, 2.75) is 11.3 Å². The highest BCUT2D eigenvalue weighted by Gasteiger charge is 2.10. The van der Waals surface area contributed by atoms with Gasteiger partial charge in [0.25, 0.3) is 0 Å². The minimum atomic E-state index is -0.107. The molecule has 0 atom stereocenters. The Morgan fingerprint density at radius 2 is 2.19 bits per heavy atom. The van der Waals surface area contributed by atoms with Gasteiger partial charge in [-0.05, 0) is 19.1 Å². The summed E-state index contributed by atoms with van der Waals surface area (Å²) in [6, 6.07) is 7.30. The fourth-order valence-corrected chi connectivity index (χ4v) is 3.17. The first-order valence-electron chi connectivity index (χ1n) is 6.36. The molecule has 0 aliphatic carbocycles. The van der Waals surface area contributed by atoms with Crippen molar-refractivity contribution in [1.82, 2.24) is 10.2 Å². The smallest absolute Gasteiger partial charge is 0.234 e. The van der Waals surface area contributed by atoms with Gasteiger partial charge in [0, 0.05) is 6.54 Å². The van der Waals surface area contributed by atoms with Gasteiger partial charge in [-0.2, -0.15) is 0 Å². The lowest BCUT2D eigenvalue weighted by atomic mass is 10.3. The number of methoxy groups -OCH3 is 1. The van der Waals surface area contributed by atoms with Gasteiger partial charge in [0.1, 0.15) is 5.75 Å². The number of benzene rings is 1. The number of rotatable bonds is 7. The second-order valence-corrected chi connectivity index (χ2v) is 6.14. The Bertz CT molecular complexity index is 603. The van der Waals surface area contributed by atoms with E-state index in [0.717, 1.165) is 16.0 Å². The lowest BCUT2D eigenvalue weighted by molar-refractivity contribution is -0.113. The number of hydrogen-bond acceptors (Lipinski definition) is 7. The molecule has 1 amide bonds. The molecule has 0 aliphatic rings. The highest BCUT2D eigenvalue weighted by Crippen LogP contribution is 2.26. The molecular formula is C13H16N4O2S2. The third-order valence-corrected chi connectivity index (χ3v) is 4.46. The maximum atomic E-state index is 11.9. The molecule has 0 bridgehead atoms. The average Bonchev–Trinajstić information content (AvgIpc) is 2.94. The van der Waals surface area contributed by atoms with E-state index in [0.29, 0.717) is 11.4 Å². The maximum Gasteiger partial charge on any atom is 0.234 e. The fraction of sp³-hybridized carbons (Fsp3) is 0.308.